The summed E-state index contributed by atoms with van der Waals surface area (Å²) >= 11 is 0. The topological polar surface area (TPSA) is 63.7 Å². The number of carbonyl (C=O) groups is 1. The molecule has 1 saturated heterocycles. The third-order valence-corrected chi connectivity index (χ3v) is 5.75. The zero-order valence-electron chi connectivity index (χ0n) is 13.1. The Bertz CT molecular complexity index is 627. The minimum atomic E-state index is -3.33. The number of esters is 1. The molecule has 5 nitrogen and oxygen atoms in total. The largest absolute Gasteiger partial charge is 0.425 e. The van der Waals surface area contributed by atoms with Gasteiger partial charge in [0.2, 0.25) is 10.0 Å². The molecule has 1 aliphatic rings. The SMILES string of the molecule is CCCC[C@@H](C(=O)Oc1cccc(C)c1)N1CCCS1(=O)=O. The van der Waals surface area contributed by atoms with E-state index >= 15 is 0 Å². The van der Waals surface area contributed by atoms with Crippen molar-refractivity contribution in [1.82, 2.24) is 4.31 Å². The molecule has 1 atom stereocenters. The number of benzene rings is 1. The molecule has 0 aromatic heterocycles. The first kappa shape index (κ1) is 17.0. The number of nitrogens with zero attached hydrogens (tertiary/aromatic N) is 1. The standard InChI is InChI=1S/C16H23NO4S/c1-3-4-9-15(17-10-6-11-22(17,19)20)16(18)21-14-8-5-7-13(2)12-14/h5,7-8,12,15H,3-4,6,9-11H2,1-2H3/t15-/m0/s1. The molecule has 1 aromatic carbocycles. The van der Waals surface area contributed by atoms with E-state index in [1.807, 2.05) is 26.0 Å². The molecule has 0 amide bonds. The van der Waals surface area contributed by atoms with E-state index in [-0.39, 0.29) is 5.75 Å². The number of sulfonamides is 1. The molecule has 0 N–H and O–H groups in total. The molecule has 0 bridgehead atoms. The van der Waals surface area contributed by atoms with Gasteiger partial charge >= 0.3 is 5.97 Å². The summed E-state index contributed by atoms with van der Waals surface area (Å²) in [5, 5.41) is 0. The first-order valence-corrected chi connectivity index (χ1v) is 9.33. The fourth-order valence-corrected chi connectivity index (χ4v) is 4.36. The highest BCUT2D eigenvalue weighted by Crippen LogP contribution is 2.23. The monoisotopic (exact) mass is 325 g/mol. The quantitative estimate of drug-likeness (QED) is 0.595. The Kier molecular flexibility index (Phi) is 5.58. The van der Waals surface area contributed by atoms with Gasteiger partial charge in [0.25, 0.3) is 0 Å². The van der Waals surface area contributed by atoms with Gasteiger partial charge in [-0.1, -0.05) is 31.9 Å². The fraction of sp³-hybridized carbons (Fsp3) is 0.562. The van der Waals surface area contributed by atoms with Crippen molar-refractivity contribution in [3.8, 4) is 5.75 Å². The van der Waals surface area contributed by atoms with Gasteiger partial charge in [-0.25, -0.2) is 13.2 Å². The van der Waals surface area contributed by atoms with E-state index in [0.29, 0.717) is 25.1 Å². The Morgan fingerprint density at radius 1 is 1.41 bits per heavy atom. The molecule has 22 heavy (non-hydrogen) atoms. The average Bonchev–Trinajstić information content (AvgIpc) is 2.79. The average molecular weight is 325 g/mol. The summed E-state index contributed by atoms with van der Waals surface area (Å²) in [7, 11) is -3.33. The number of ether oxygens (including phenoxy) is 1. The van der Waals surface area contributed by atoms with Gasteiger partial charge in [0.05, 0.1) is 5.75 Å². The lowest BCUT2D eigenvalue weighted by molar-refractivity contribution is -0.138. The van der Waals surface area contributed by atoms with Crippen LogP contribution in [0.5, 0.6) is 5.75 Å². The van der Waals surface area contributed by atoms with Crippen LogP contribution in [0.4, 0.5) is 0 Å². The number of rotatable bonds is 6. The van der Waals surface area contributed by atoms with Gasteiger partial charge in [-0.15, -0.1) is 0 Å². The third-order valence-electron chi connectivity index (χ3n) is 3.80. The minimum absolute atomic E-state index is 0.118. The Balaban J connectivity index is 2.16. The highest BCUT2D eigenvalue weighted by molar-refractivity contribution is 7.89. The van der Waals surface area contributed by atoms with E-state index in [2.05, 4.69) is 0 Å². The van der Waals surface area contributed by atoms with Gasteiger partial charge in [0, 0.05) is 6.54 Å². The van der Waals surface area contributed by atoms with E-state index in [9.17, 15) is 13.2 Å². The van der Waals surface area contributed by atoms with Crippen LogP contribution in [0.3, 0.4) is 0 Å². The Labute approximate surface area is 132 Å². The van der Waals surface area contributed by atoms with Crippen LogP contribution in [0.2, 0.25) is 0 Å². The van der Waals surface area contributed by atoms with Gasteiger partial charge in [0.1, 0.15) is 11.8 Å². The Morgan fingerprint density at radius 3 is 2.77 bits per heavy atom. The normalized spacial score (nSPS) is 19.0. The molecular formula is C16H23NO4S. The van der Waals surface area contributed by atoms with Gasteiger partial charge in [-0.05, 0) is 37.5 Å². The third kappa shape index (κ3) is 4.08. The summed E-state index contributed by atoms with van der Waals surface area (Å²) in [5.41, 5.74) is 0.990. The summed E-state index contributed by atoms with van der Waals surface area (Å²) in [5.74, 6) is 0.0977. The number of carbonyl (C=O) groups excluding carboxylic acids is 1. The molecule has 2 rings (SSSR count). The summed E-state index contributed by atoms with van der Waals surface area (Å²) < 4.78 is 30.9. The van der Waals surface area contributed by atoms with E-state index in [0.717, 1.165) is 18.4 Å². The number of aryl methyl sites for hydroxylation is 1. The second kappa shape index (κ2) is 7.24. The predicted molar refractivity (Wildman–Crippen MR) is 85.2 cm³/mol. The molecule has 6 heteroatoms. The molecule has 1 aliphatic heterocycles. The highest BCUT2D eigenvalue weighted by atomic mass is 32.2. The van der Waals surface area contributed by atoms with Crippen LogP contribution >= 0.6 is 0 Å². The van der Waals surface area contributed by atoms with Crippen LogP contribution in [0.1, 0.15) is 38.2 Å². The van der Waals surface area contributed by atoms with E-state index < -0.39 is 22.0 Å². The molecule has 1 fully saturated rings. The van der Waals surface area contributed by atoms with Crippen LogP contribution in [0.15, 0.2) is 24.3 Å². The summed E-state index contributed by atoms with van der Waals surface area (Å²) in [6.07, 6.45) is 2.77. The van der Waals surface area contributed by atoms with Crippen molar-refractivity contribution in [3.05, 3.63) is 29.8 Å². The summed E-state index contributed by atoms with van der Waals surface area (Å²) in [4.78, 5) is 12.5. The van der Waals surface area contributed by atoms with Crippen LogP contribution < -0.4 is 4.74 Å². The first-order chi connectivity index (χ1) is 10.4. The van der Waals surface area contributed by atoms with Crippen LogP contribution in [-0.2, 0) is 14.8 Å². The molecule has 1 aromatic rings. The van der Waals surface area contributed by atoms with Crippen molar-refractivity contribution in [2.75, 3.05) is 12.3 Å². The zero-order chi connectivity index (χ0) is 16.2. The van der Waals surface area contributed by atoms with Gasteiger partial charge < -0.3 is 4.74 Å². The van der Waals surface area contributed by atoms with Crippen molar-refractivity contribution < 1.29 is 17.9 Å². The minimum Gasteiger partial charge on any atom is -0.425 e. The van der Waals surface area contributed by atoms with E-state index in [4.69, 9.17) is 4.74 Å². The maximum atomic E-state index is 12.5. The number of unbranched alkanes of at least 4 members (excludes halogenated alkanes) is 1. The highest BCUT2D eigenvalue weighted by Gasteiger charge is 2.38. The zero-order valence-corrected chi connectivity index (χ0v) is 13.9. The summed E-state index contributed by atoms with van der Waals surface area (Å²) in [6.45, 7) is 4.33. The molecule has 1 heterocycles. The number of hydrogen-bond donors (Lipinski definition) is 0. The maximum absolute atomic E-state index is 12.5. The van der Waals surface area contributed by atoms with Crippen LogP contribution in [0.25, 0.3) is 0 Å². The molecule has 0 spiro atoms. The summed E-state index contributed by atoms with van der Waals surface area (Å²) in [6, 6.07) is 6.49. The lowest BCUT2D eigenvalue weighted by Crippen LogP contribution is -2.44. The fourth-order valence-electron chi connectivity index (χ4n) is 2.65. The number of hydrogen-bond acceptors (Lipinski definition) is 4. The molecular weight excluding hydrogens is 302 g/mol. The predicted octanol–water partition coefficient (Wildman–Crippen LogP) is 2.49. The molecule has 0 aliphatic carbocycles. The maximum Gasteiger partial charge on any atom is 0.329 e. The van der Waals surface area contributed by atoms with Crippen molar-refractivity contribution >= 4 is 16.0 Å². The second-order valence-corrected chi connectivity index (χ2v) is 7.72. The van der Waals surface area contributed by atoms with Gasteiger partial charge in [-0.2, -0.15) is 4.31 Å². The lowest BCUT2D eigenvalue weighted by atomic mass is 10.1. The molecule has 0 radical (unpaired) electrons. The molecule has 0 saturated carbocycles. The van der Waals surface area contributed by atoms with Crippen LogP contribution in [-0.4, -0.2) is 37.0 Å². The smallest absolute Gasteiger partial charge is 0.329 e. The van der Waals surface area contributed by atoms with E-state index in [1.54, 1.807) is 12.1 Å². The second-order valence-electron chi connectivity index (χ2n) is 5.68. The van der Waals surface area contributed by atoms with Crippen molar-refractivity contribution in [3.63, 3.8) is 0 Å². The van der Waals surface area contributed by atoms with Gasteiger partial charge in [-0.3, -0.25) is 0 Å². The molecule has 122 valence electrons. The van der Waals surface area contributed by atoms with E-state index in [1.165, 1.54) is 4.31 Å². The lowest BCUT2D eigenvalue weighted by Gasteiger charge is -2.24. The van der Waals surface area contributed by atoms with Crippen LogP contribution in [0, 0.1) is 6.92 Å². The van der Waals surface area contributed by atoms with Gasteiger partial charge in [0.15, 0.2) is 0 Å². The van der Waals surface area contributed by atoms with Crippen molar-refractivity contribution in [2.24, 2.45) is 0 Å². The van der Waals surface area contributed by atoms with Crippen molar-refractivity contribution in [1.29, 1.82) is 0 Å². The Hall–Kier alpha value is -1.40. The molecule has 0 unspecified atom stereocenters. The Morgan fingerprint density at radius 2 is 2.18 bits per heavy atom. The first-order valence-electron chi connectivity index (χ1n) is 7.72. The van der Waals surface area contributed by atoms with Crippen molar-refractivity contribution in [2.45, 2.75) is 45.6 Å².